The van der Waals surface area contributed by atoms with Gasteiger partial charge in [-0.25, -0.2) is 8.42 Å². The van der Waals surface area contributed by atoms with Gasteiger partial charge in [-0.1, -0.05) is 0 Å². The first kappa shape index (κ1) is 22.3. The van der Waals surface area contributed by atoms with E-state index in [4.69, 9.17) is 0 Å². The highest BCUT2D eigenvalue weighted by Gasteiger charge is 2.31. The van der Waals surface area contributed by atoms with Gasteiger partial charge in [-0.3, -0.25) is 4.99 Å². The Morgan fingerprint density at radius 3 is 2.45 bits per heavy atom. The van der Waals surface area contributed by atoms with Gasteiger partial charge in [0, 0.05) is 24.1 Å². The molecule has 0 bridgehead atoms. The Morgan fingerprint density at radius 2 is 2.00 bits per heavy atom. The second-order valence-corrected chi connectivity index (χ2v) is 10.8. The molecule has 0 radical (unpaired) electrons. The first-order valence-electron chi connectivity index (χ1n) is 7.45. The maximum absolute atomic E-state index is 11.7. The Bertz CT molecular complexity index is 472. The zero-order valence-electron chi connectivity index (χ0n) is 14.2. The zero-order chi connectivity index (χ0) is 16.1. The predicted molar refractivity (Wildman–Crippen MR) is 108 cm³/mol. The summed E-state index contributed by atoms with van der Waals surface area (Å²) in [5.41, 5.74) is 0. The molecule has 0 aromatic heterocycles. The average molecular weight is 463 g/mol. The standard InChI is InChI=1S/C14H29N3O2S2.HI/c1-6-15-12(16-10-13(2,3)21(5,18)19)17-11-14(4)8-7-9-20-14;/h6-11H2,1-5H3,(H2,15,16,17);1H. The average Bonchev–Trinajstić information content (AvgIpc) is 2.79. The lowest BCUT2D eigenvalue weighted by molar-refractivity contribution is 0.553. The lowest BCUT2D eigenvalue weighted by Crippen LogP contribution is -2.45. The van der Waals surface area contributed by atoms with Crippen LogP contribution < -0.4 is 10.6 Å². The Kier molecular flexibility index (Phi) is 9.08. The van der Waals surface area contributed by atoms with E-state index in [-0.39, 0.29) is 35.3 Å². The van der Waals surface area contributed by atoms with Crippen molar-refractivity contribution in [2.75, 3.05) is 31.6 Å². The number of nitrogens with one attached hydrogen (secondary N) is 2. The first-order chi connectivity index (χ1) is 9.60. The van der Waals surface area contributed by atoms with Crippen molar-refractivity contribution in [3.05, 3.63) is 0 Å². The summed E-state index contributed by atoms with van der Waals surface area (Å²) >= 11 is 1.99. The molecule has 0 amide bonds. The first-order valence-corrected chi connectivity index (χ1v) is 10.3. The van der Waals surface area contributed by atoms with Gasteiger partial charge in [0.25, 0.3) is 0 Å². The largest absolute Gasteiger partial charge is 0.357 e. The normalized spacial score (nSPS) is 23.0. The number of hydrogen-bond donors (Lipinski definition) is 2. The molecular weight excluding hydrogens is 433 g/mol. The number of guanidine groups is 1. The molecule has 2 N–H and O–H groups in total. The van der Waals surface area contributed by atoms with Crippen LogP contribution in [0.4, 0.5) is 0 Å². The summed E-state index contributed by atoms with van der Waals surface area (Å²) < 4.78 is 22.9. The quantitative estimate of drug-likeness (QED) is 0.359. The smallest absolute Gasteiger partial charge is 0.191 e. The van der Waals surface area contributed by atoms with E-state index >= 15 is 0 Å². The van der Waals surface area contributed by atoms with E-state index in [9.17, 15) is 8.42 Å². The number of rotatable bonds is 6. The van der Waals surface area contributed by atoms with E-state index in [1.54, 1.807) is 13.8 Å². The fraction of sp³-hybridized carbons (Fsp3) is 0.929. The lowest BCUT2D eigenvalue weighted by atomic mass is 10.1. The Hall–Kier alpha value is 0.300. The lowest BCUT2D eigenvalue weighted by Gasteiger charge is -2.25. The van der Waals surface area contributed by atoms with Crippen molar-refractivity contribution in [3.63, 3.8) is 0 Å². The minimum absolute atomic E-state index is 0. The zero-order valence-corrected chi connectivity index (χ0v) is 18.2. The second kappa shape index (κ2) is 8.96. The van der Waals surface area contributed by atoms with Gasteiger partial charge in [0.15, 0.2) is 15.8 Å². The molecule has 1 unspecified atom stereocenters. The fourth-order valence-corrected chi connectivity index (χ4v) is 3.52. The van der Waals surface area contributed by atoms with Crippen LogP contribution in [0, 0.1) is 0 Å². The van der Waals surface area contributed by atoms with Crippen LogP contribution in [0.3, 0.4) is 0 Å². The number of sulfone groups is 1. The third kappa shape index (κ3) is 6.82. The third-order valence-corrected chi connectivity index (χ3v) is 7.57. The number of aliphatic imine (C=N–C) groups is 1. The molecule has 0 aromatic carbocycles. The van der Waals surface area contributed by atoms with Crippen molar-refractivity contribution in [3.8, 4) is 0 Å². The maximum atomic E-state index is 11.7. The Balaban J connectivity index is 0.00000441. The summed E-state index contributed by atoms with van der Waals surface area (Å²) in [6.07, 6.45) is 3.73. The van der Waals surface area contributed by atoms with Crippen LogP contribution in [0.5, 0.6) is 0 Å². The predicted octanol–water partition coefficient (Wildman–Crippen LogP) is 2.27. The Labute approximate surface area is 156 Å². The van der Waals surface area contributed by atoms with Gasteiger partial charge in [-0.05, 0) is 46.3 Å². The molecule has 0 aromatic rings. The van der Waals surface area contributed by atoms with Crippen molar-refractivity contribution in [2.45, 2.75) is 50.0 Å². The summed E-state index contributed by atoms with van der Waals surface area (Å²) in [6.45, 7) is 9.56. The van der Waals surface area contributed by atoms with Gasteiger partial charge in [-0.2, -0.15) is 11.8 Å². The van der Waals surface area contributed by atoms with Gasteiger partial charge < -0.3 is 10.6 Å². The van der Waals surface area contributed by atoms with Crippen molar-refractivity contribution in [2.24, 2.45) is 4.99 Å². The molecule has 132 valence electrons. The summed E-state index contributed by atoms with van der Waals surface area (Å²) in [4.78, 5) is 4.45. The van der Waals surface area contributed by atoms with Gasteiger partial charge in [0.05, 0.1) is 11.3 Å². The molecule has 1 aliphatic rings. The van der Waals surface area contributed by atoms with Crippen LogP contribution in [0.25, 0.3) is 0 Å². The van der Waals surface area contributed by atoms with Gasteiger partial charge >= 0.3 is 0 Å². The van der Waals surface area contributed by atoms with Crippen LogP contribution in [0.1, 0.15) is 40.5 Å². The molecule has 0 saturated carbocycles. The van der Waals surface area contributed by atoms with Crippen LogP contribution in [0.15, 0.2) is 4.99 Å². The van der Waals surface area contributed by atoms with E-state index in [1.165, 1.54) is 24.9 Å². The molecule has 1 fully saturated rings. The van der Waals surface area contributed by atoms with Crippen LogP contribution in [-0.4, -0.2) is 55.5 Å². The van der Waals surface area contributed by atoms with Gasteiger partial charge in [0.2, 0.25) is 0 Å². The van der Waals surface area contributed by atoms with Crippen molar-refractivity contribution in [1.82, 2.24) is 10.6 Å². The summed E-state index contributed by atoms with van der Waals surface area (Å²) in [5, 5.41) is 6.53. The molecule has 1 aliphatic heterocycles. The monoisotopic (exact) mass is 463 g/mol. The van der Waals surface area contributed by atoms with Crippen molar-refractivity contribution in [1.29, 1.82) is 0 Å². The minimum atomic E-state index is -3.12. The van der Waals surface area contributed by atoms with E-state index < -0.39 is 14.6 Å². The third-order valence-electron chi connectivity index (χ3n) is 3.90. The van der Waals surface area contributed by atoms with Crippen LogP contribution >= 0.6 is 35.7 Å². The van der Waals surface area contributed by atoms with E-state index in [0.717, 1.165) is 13.1 Å². The summed E-state index contributed by atoms with van der Waals surface area (Å²) in [7, 11) is -3.12. The van der Waals surface area contributed by atoms with Crippen LogP contribution in [-0.2, 0) is 9.84 Å². The molecule has 1 heterocycles. The topological polar surface area (TPSA) is 70.6 Å². The maximum Gasteiger partial charge on any atom is 0.191 e. The van der Waals surface area contributed by atoms with Crippen molar-refractivity contribution >= 4 is 51.5 Å². The molecule has 0 aliphatic carbocycles. The molecule has 1 saturated heterocycles. The van der Waals surface area contributed by atoms with E-state index in [0.29, 0.717) is 5.96 Å². The molecule has 0 spiro atoms. The highest BCUT2D eigenvalue weighted by molar-refractivity contribution is 14.0. The van der Waals surface area contributed by atoms with Crippen LogP contribution in [0.2, 0.25) is 0 Å². The molecule has 1 rings (SSSR count). The summed E-state index contributed by atoms with van der Waals surface area (Å²) in [5.74, 6) is 1.91. The number of thioether (sulfide) groups is 1. The number of hydrogen-bond acceptors (Lipinski definition) is 4. The minimum Gasteiger partial charge on any atom is -0.357 e. The number of nitrogens with zero attached hydrogens (tertiary/aromatic N) is 1. The molecule has 5 nitrogen and oxygen atoms in total. The van der Waals surface area contributed by atoms with Gasteiger partial charge in [-0.15, -0.1) is 24.0 Å². The molecule has 22 heavy (non-hydrogen) atoms. The highest BCUT2D eigenvalue weighted by atomic mass is 127. The van der Waals surface area contributed by atoms with Gasteiger partial charge in [0.1, 0.15) is 0 Å². The SMILES string of the molecule is CCNC(=NCC(C)(C)S(C)(=O)=O)NCC1(C)CCCS1.I. The van der Waals surface area contributed by atoms with E-state index in [2.05, 4.69) is 22.5 Å². The van der Waals surface area contributed by atoms with Crippen molar-refractivity contribution < 1.29 is 8.42 Å². The summed E-state index contributed by atoms with van der Waals surface area (Å²) in [6, 6.07) is 0. The molecule has 8 heteroatoms. The van der Waals surface area contributed by atoms with E-state index in [1.807, 2.05) is 18.7 Å². The Morgan fingerprint density at radius 1 is 1.36 bits per heavy atom. The molecular formula is C14H30IN3O2S2. The second-order valence-electron chi connectivity index (χ2n) is 6.48. The highest BCUT2D eigenvalue weighted by Crippen LogP contribution is 2.36. The molecule has 1 atom stereocenters. The number of halogens is 1. The fourth-order valence-electron chi connectivity index (χ4n) is 1.98.